The Morgan fingerprint density at radius 1 is 1.00 bits per heavy atom. The SMILES string of the molecule is C=C.C=O.CC.CCc1ccc(C)cc1. The van der Waals surface area contributed by atoms with E-state index in [0.29, 0.717) is 0 Å². The van der Waals surface area contributed by atoms with Crippen molar-refractivity contribution < 1.29 is 4.79 Å². The van der Waals surface area contributed by atoms with Gasteiger partial charge in [-0.25, -0.2) is 0 Å². The topological polar surface area (TPSA) is 17.1 Å². The molecular weight excluding hydrogens is 184 g/mol. The minimum absolute atomic E-state index is 1.14. The smallest absolute Gasteiger partial charge is 0.106 e. The second kappa shape index (κ2) is 18.4. The molecule has 0 saturated heterocycles. The summed E-state index contributed by atoms with van der Waals surface area (Å²) in [6.07, 6.45) is 1.14. The zero-order valence-electron chi connectivity index (χ0n) is 10.5. The predicted molar refractivity (Wildman–Crippen MR) is 70.3 cm³/mol. The average Bonchev–Trinajstić information content (AvgIpc) is 2.38. The largest absolute Gasteiger partial charge is 0.307 e. The molecule has 15 heavy (non-hydrogen) atoms. The van der Waals surface area contributed by atoms with Crippen LogP contribution in [0.25, 0.3) is 0 Å². The third-order valence-corrected chi connectivity index (χ3v) is 1.53. The van der Waals surface area contributed by atoms with E-state index >= 15 is 0 Å². The molecule has 0 unspecified atom stereocenters. The van der Waals surface area contributed by atoms with Crippen LogP contribution in [0, 0.1) is 6.92 Å². The molecule has 0 fully saturated rings. The lowest BCUT2D eigenvalue weighted by molar-refractivity contribution is -0.0979. The molecule has 0 spiro atoms. The summed E-state index contributed by atoms with van der Waals surface area (Å²) in [6, 6.07) is 8.66. The Morgan fingerprint density at radius 2 is 1.33 bits per heavy atom. The third kappa shape index (κ3) is 12.6. The second-order valence-corrected chi connectivity index (χ2v) is 2.34. The number of hydrogen-bond donors (Lipinski definition) is 0. The summed E-state index contributed by atoms with van der Waals surface area (Å²) in [5, 5.41) is 0. The molecule has 1 aromatic rings. The zero-order chi connectivity index (χ0) is 12.7. The van der Waals surface area contributed by atoms with Gasteiger partial charge < -0.3 is 4.79 Å². The van der Waals surface area contributed by atoms with E-state index in [1.54, 1.807) is 0 Å². The number of benzene rings is 1. The number of rotatable bonds is 1. The van der Waals surface area contributed by atoms with Crippen LogP contribution in [-0.2, 0) is 11.2 Å². The molecule has 1 aromatic carbocycles. The van der Waals surface area contributed by atoms with E-state index in [1.807, 2.05) is 20.6 Å². The molecular formula is C14H24O. The van der Waals surface area contributed by atoms with Crippen LogP contribution in [0.2, 0.25) is 0 Å². The van der Waals surface area contributed by atoms with Gasteiger partial charge in [-0.05, 0) is 18.9 Å². The molecule has 86 valence electrons. The average molecular weight is 208 g/mol. The molecule has 0 amide bonds. The molecule has 0 heterocycles. The van der Waals surface area contributed by atoms with E-state index in [0.717, 1.165) is 6.42 Å². The second-order valence-electron chi connectivity index (χ2n) is 2.34. The number of aryl methyl sites for hydroxylation is 2. The highest BCUT2D eigenvalue weighted by molar-refractivity contribution is 5.20. The molecule has 0 N–H and O–H groups in total. The van der Waals surface area contributed by atoms with Crippen molar-refractivity contribution in [2.75, 3.05) is 0 Å². The van der Waals surface area contributed by atoms with Crippen LogP contribution < -0.4 is 0 Å². The zero-order valence-corrected chi connectivity index (χ0v) is 10.5. The normalized spacial score (nSPS) is 6.67. The van der Waals surface area contributed by atoms with Crippen LogP contribution in [0.5, 0.6) is 0 Å². The molecule has 0 aliphatic carbocycles. The number of carbonyl (C=O) groups is 1. The van der Waals surface area contributed by atoms with Crippen molar-refractivity contribution in [2.45, 2.75) is 34.1 Å². The predicted octanol–water partition coefficient (Wildman–Crippen LogP) is 4.20. The van der Waals surface area contributed by atoms with Gasteiger partial charge >= 0.3 is 0 Å². The van der Waals surface area contributed by atoms with Crippen molar-refractivity contribution in [1.82, 2.24) is 0 Å². The van der Waals surface area contributed by atoms with E-state index in [9.17, 15) is 0 Å². The number of carbonyl (C=O) groups excluding carboxylic acids is 1. The Hall–Kier alpha value is -1.37. The Balaban J connectivity index is -0.000000208. The van der Waals surface area contributed by atoms with Crippen LogP contribution in [0.3, 0.4) is 0 Å². The highest BCUT2D eigenvalue weighted by atomic mass is 16.1. The Kier molecular flexibility index (Phi) is 23.6. The lowest BCUT2D eigenvalue weighted by Crippen LogP contribution is -1.77. The van der Waals surface area contributed by atoms with Gasteiger partial charge in [0.1, 0.15) is 6.79 Å². The molecule has 0 aliphatic rings. The fourth-order valence-corrected chi connectivity index (χ4v) is 0.824. The van der Waals surface area contributed by atoms with Crippen molar-refractivity contribution >= 4 is 6.79 Å². The van der Waals surface area contributed by atoms with Gasteiger partial charge in [-0.3, -0.25) is 0 Å². The maximum Gasteiger partial charge on any atom is 0.106 e. The molecule has 0 bridgehead atoms. The van der Waals surface area contributed by atoms with Gasteiger partial charge in [0.15, 0.2) is 0 Å². The first-order valence-corrected chi connectivity index (χ1v) is 5.17. The summed E-state index contributed by atoms with van der Waals surface area (Å²) < 4.78 is 0. The minimum atomic E-state index is 1.14. The molecule has 0 saturated carbocycles. The summed E-state index contributed by atoms with van der Waals surface area (Å²) in [7, 11) is 0. The standard InChI is InChI=1S/C9H12.C2H6.C2H4.CH2O/c1-3-9-6-4-8(2)5-7-9;3*1-2/h4-7H,3H2,1-2H3;1-2H3;1-2H2;1H2. The summed E-state index contributed by atoms with van der Waals surface area (Å²) >= 11 is 0. The van der Waals surface area contributed by atoms with E-state index in [-0.39, 0.29) is 0 Å². The first-order chi connectivity index (χ1) is 7.33. The molecule has 0 atom stereocenters. The van der Waals surface area contributed by atoms with Crippen molar-refractivity contribution in [3.8, 4) is 0 Å². The van der Waals surface area contributed by atoms with Crippen molar-refractivity contribution in [2.24, 2.45) is 0 Å². The summed E-state index contributed by atoms with van der Waals surface area (Å²) in [6.45, 7) is 16.3. The molecule has 1 nitrogen and oxygen atoms in total. The van der Waals surface area contributed by atoms with Crippen LogP contribution in [0.15, 0.2) is 37.4 Å². The maximum absolute atomic E-state index is 8.00. The fraction of sp³-hybridized carbons (Fsp3) is 0.357. The first kappa shape index (κ1) is 19.2. The van der Waals surface area contributed by atoms with Gasteiger partial charge in [0.25, 0.3) is 0 Å². The molecule has 0 aromatic heterocycles. The minimum Gasteiger partial charge on any atom is -0.307 e. The van der Waals surface area contributed by atoms with Gasteiger partial charge in [0.05, 0.1) is 0 Å². The summed E-state index contributed by atoms with van der Waals surface area (Å²) in [4.78, 5) is 8.00. The van der Waals surface area contributed by atoms with Crippen molar-refractivity contribution in [3.63, 3.8) is 0 Å². The molecule has 1 heteroatoms. The number of hydrogen-bond acceptors (Lipinski definition) is 1. The Morgan fingerprint density at radius 3 is 1.60 bits per heavy atom. The highest BCUT2D eigenvalue weighted by Gasteiger charge is 1.84. The Labute approximate surface area is 94.8 Å². The van der Waals surface area contributed by atoms with Crippen molar-refractivity contribution in [3.05, 3.63) is 48.6 Å². The summed E-state index contributed by atoms with van der Waals surface area (Å²) in [5.74, 6) is 0. The third-order valence-electron chi connectivity index (χ3n) is 1.53. The Bertz CT molecular complexity index is 199. The van der Waals surface area contributed by atoms with Gasteiger partial charge in [-0.1, -0.05) is 50.6 Å². The summed E-state index contributed by atoms with van der Waals surface area (Å²) in [5.41, 5.74) is 2.76. The van der Waals surface area contributed by atoms with E-state index in [1.165, 1.54) is 11.1 Å². The highest BCUT2D eigenvalue weighted by Crippen LogP contribution is 2.02. The van der Waals surface area contributed by atoms with Crippen molar-refractivity contribution in [1.29, 1.82) is 0 Å². The fourth-order valence-electron chi connectivity index (χ4n) is 0.824. The van der Waals surface area contributed by atoms with E-state index in [2.05, 4.69) is 51.3 Å². The van der Waals surface area contributed by atoms with Gasteiger partial charge in [-0.15, -0.1) is 13.2 Å². The monoisotopic (exact) mass is 208 g/mol. The van der Waals surface area contributed by atoms with Gasteiger partial charge in [0.2, 0.25) is 0 Å². The van der Waals surface area contributed by atoms with Crippen LogP contribution in [-0.4, -0.2) is 6.79 Å². The quantitative estimate of drug-likeness (QED) is 0.632. The lowest BCUT2D eigenvalue weighted by atomic mass is 10.1. The molecule has 0 aliphatic heterocycles. The lowest BCUT2D eigenvalue weighted by Gasteiger charge is -1.94. The molecule has 1 rings (SSSR count). The van der Waals surface area contributed by atoms with Crippen LogP contribution in [0.1, 0.15) is 31.9 Å². The molecule has 0 radical (unpaired) electrons. The van der Waals surface area contributed by atoms with Gasteiger partial charge in [0, 0.05) is 0 Å². The first-order valence-electron chi connectivity index (χ1n) is 5.17. The maximum atomic E-state index is 8.00. The van der Waals surface area contributed by atoms with Crippen LogP contribution in [0.4, 0.5) is 0 Å². The van der Waals surface area contributed by atoms with E-state index in [4.69, 9.17) is 4.79 Å². The van der Waals surface area contributed by atoms with Gasteiger partial charge in [-0.2, -0.15) is 0 Å². The van der Waals surface area contributed by atoms with E-state index < -0.39 is 0 Å². The van der Waals surface area contributed by atoms with Crippen LogP contribution >= 0.6 is 0 Å².